The molecule has 0 bridgehead atoms. The summed E-state index contributed by atoms with van der Waals surface area (Å²) in [6, 6.07) is 18.1. The normalized spacial score (nSPS) is 15.1. The number of likely N-dealkylation sites (N-methyl/N-ethyl adjacent to an activating group) is 1. The summed E-state index contributed by atoms with van der Waals surface area (Å²) in [6.45, 7) is 12.2. The molecule has 1 fully saturated rings. The second-order valence-electron chi connectivity index (χ2n) is 7.92. The highest BCUT2D eigenvalue weighted by atomic mass is 16.5. The minimum atomic E-state index is 0.137. The van der Waals surface area contributed by atoms with Gasteiger partial charge in [-0.2, -0.15) is 0 Å². The Morgan fingerprint density at radius 3 is 2.45 bits per heavy atom. The van der Waals surface area contributed by atoms with Crippen molar-refractivity contribution >= 4 is 5.91 Å². The Morgan fingerprint density at radius 2 is 1.79 bits per heavy atom. The van der Waals surface area contributed by atoms with Gasteiger partial charge in [0.25, 0.3) is 0 Å². The summed E-state index contributed by atoms with van der Waals surface area (Å²) in [4.78, 5) is 17.2. The molecule has 1 amide bonds. The Morgan fingerprint density at radius 1 is 1.10 bits per heavy atom. The van der Waals surface area contributed by atoms with Crippen LogP contribution >= 0.6 is 0 Å². The minimum Gasteiger partial charge on any atom is -0.457 e. The van der Waals surface area contributed by atoms with Gasteiger partial charge in [0.1, 0.15) is 11.5 Å². The summed E-state index contributed by atoms with van der Waals surface area (Å²) in [6.07, 6.45) is 1.84. The maximum atomic E-state index is 12.8. The second-order valence-corrected chi connectivity index (χ2v) is 7.92. The van der Waals surface area contributed by atoms with Crippen LogP contribution in [0.15, 0.2) is 66.7 Å². The fourth-order valence-electron chi connectivity index (χ4n) is 3.86. The lowest BCUT2D eigenvalue weighted by Gasteiger charge is -2.34. The number of ether oxygens (including phenoxy) is 1. The van der Waals surface area contributed by atoms with Crippen molar-refractivity contribution in [3.05, 3.63) is 72.3 Å². The van der Waals surface area contributed by atoms with Crippen LogP contribution in [0.4, 0.5) is 0 Å². The molecule has 4 heteroatoms. The van der Waals surface area contributed by atoms with Crippen LogP contribution in [-0.2, 0) is 11.3 Å². The SMILES string of the molecule is C=C(C)CN(CC)C(=O)C1CCN(Cc2cccc(Oc3ccccc3)c2)CC1. The molecule has 2 aromatic carbocycles. The van der Waals surface area contributed by atoms with Gasteiger partial charge in [0.15, 0.2) is 0 Å². The molecule has 0 aromatic heterocycles. The third kappa shape index (κ3) is 6.20. The summed E-state index contributed by atoms with van der Waals surface area (Å²) < 4.78 is 5.95. The van der Waals surface area contributed by atoms with Crippen LogP contribution in [0.2, 0.25) is 0 Å². The zero-order valence-corrected chi connectivity index (χ0v) is 17.6. The van der Waals surface area contributed by atoms with Crippen LogP contribution in [0.1, 0.15) is 32.3 Å². The van der Waals surface area contributed by atoms with Crippen LogP contribution < -0.4 is 4.74 Å². The van der Waals surface area contributed by atoms with Gasteiger partial charge in [-0.25, -0.2) is 0 Å². The van der Waals surface area contributed by atoms with Gasteiger partial charge in [-0.3, -0.25) is 9.69 Å². The summed E-state index contributed by atoms with van der Waals surface area (Å²) in [5, 5.41) is 0. The predicted molar refractivity (Wildman–Crippen MR) is 118 cm³/mol. The summed E-state index contributed by atoms with van der Waals surface area (Å²) in [5.41, 5.74) is 2.27. The van der Waals surface area contributed by atoms with Gasteiger partial charge in [0, 0.05) is 25.6 Å². The van der Waals surface area contributed by atoms with E-state index in [1.165, 1.54) is 5.56 Å². The molecule has 2 aromatic rings. The zero-order chi connectivity index (χ0) is 20.6. The van der Waals surface area contributed by atoms with Crippen molar-refractivity contribution in [1.29, 1.82) is 0 Å². The summed E-state index contributed by atoms with van der Waals surface area (Å²) in [5.74, 6) is 2.13. The molecule has 1 aliphatic rings. The second kappa shape index (κ2) is 10.3. The van der Waals surface area contributed by atoms with Crippen molar-refractivity contribution in [2.45, 2.75) is 33.2 Å². The highest BCUT2D eigenvalue weighted by molar-refractivity contribution is 5.79. The third-order valence-corrected chi connectivity index (χ3v) is 5.37. The number of hydrogen-bond acceptors (Lipinski definition) is 3. The number of benzene rings is 2. The van der Waals surface area contributed by atoms with E-state index in [0.29, 0.717) is 6.54 Å². The van der Waals surface area contributed by atoms with E-state index < -0.39 is 0 Å². The van der Waals surface area contributed by atoms with Gasteiger partial charge < -0.3 is 9.64 Å². The van der Waals surface area contributed by atoms with E-state index in [1.807, 2.05) is 61.2 Å². The molecule has 0 aliphatic carbocycles. The van der Waals surface area contributed by atoms with Gasteiger partial charge in [-0.15, -0.1) is 0 Å². The molecular formula is C25H32N2O2. The molecule has 29 heavy (non-hydrogen) atoms. The number of carbonyl (C=O) groups excluding carboxylic acids is 1. The largest absolute Gasteiger partial charge is 0.457 e. The highest BCUT2D eigenvalue weighted by Gasteiger charge is 2.28. The van der Waals surface area contributed by atoms with Crippen LogP contribution in [0, 0.1) is 5.92 Å². The van der Waals surface area contributed by atoms with Crippen molar-refractivity contribution in [2.24, 2.45) is 5.92 Å². The molecule has 0 unspecified atom stereocenters. The van der Waals surface area contributed by atoms with Crippen LogP contribution in [0.25, 0.3) is 0 Å². The lowest BCUT2D eigenvalue weighted by molar-refractivity contribution is -0.136. The molecule has 0 N–H and O–H groups in total. The Hall–Kier alpha value is -2.59. The lowest BCUT2D eigenvalue weighted by atomic mass is 9.94. The molecule has 1 aliphatic heterocycles. The first kappa shape index (κ1) is 21.1. The fourth-order valence-corrected chi connectivity index (χ4v) is 3.86. The summed E-state index contributed by atoms with van der Waals surface area (Å²) in [7, 11) is 0. The van der Waals surface area contributed by atoms with Crippen LogP contribution in [0.3, 0.4) is 0 Å². The Kier molecular flexibility index (Phi) is 7.48. The maximum Gasteiger partial charge on any atom is 0.226 e. The predicted octanol–water partition coefficient (Wildman–Crippen LogP) is 5.12. The van der Waals surface area contributed by atoms with Gasteiger partial charge in [-0.05, 0) is 69.6 Å². The Balaban J connectivity index is 1.52. The summed E-state index contributed by atoms with van der Waals surface area (Å²) >= 11 is 0. The molecule has 0 radical (unpaired) electrons. The van der Waals surface area contributed by atoms with E-state index in [1.54, 1.807) is 0 Å². The van der Waals surface area contributed by atoms with Gasteiger partial charge in [0.05, 0.1) is 0 Å². The number of carbonyl (C=O) groups is 1. The lowest BCUT2D eigenvalue weighted by Crippen LogP contribution is -2.42. The van der Waals surface area contributed by atoms with Crippen molar-refractivity contribution in [2.75, 3.05) is 26.2 Å². The molecule has 0 saturated carbocycles. The molecule has 154 valence electrons. The Labute approximate surface area is 174 Å². The van der Waals surface area contributed by atoms with E-state index in [9.17, 15) is 4.79 Å². The molecule has 4 nitrogen and oxygen atoms in total. The van der Waals surface area contributed by atoms with Crippen LogP contribution in [-0.4, -0.2) is 41.9 Å². The Bertz CT molecular complexity index is 811. The number of piperidine rings is 1. The van der Waals surface area contributed by atoms with Crippen LogP contribution in [0.5, 0.6) is 11.5 Å². The van der Waals surface area contributed by atoms with Crippen molar-refractivity contribution in [3.8, 4) is 11.5 Å². The molecule has 1 saturated heterocycles. The van der Waals surface area contributed by atoms with E-state index >= 15 is 0 Å². The maximum absolute atomic E-state index is 12.8. The first-order chi connectivity index (χ1) is 14.0. The van der Waals surface area contributed by atoms with Gasteiger partial charge >= 0.3 is 0 Å². The highest BCUT2D eigenvalue weighted by Crippen LogP contribution is 2.25. The monoisotopic (exact) mass is 392 g/mol. The van der Waals surface area contributed by atoms with Gasteiger partial charge in [0.2, 0.25) is 5.91 Å². The quantitative estimate of drug-likeness (QED) is 0.585. The van der Waals surface area contributed by atoms with E-state index in [-0.39, 0.29) is 11.8 Å². The van der Waals surface area contributed by atoms with E-state index in [4.69, 9.17) is 4.74 Å². The fraction of sp³-hybridized carbons (Fsp3) is 0.400. The molecule has 1 heterocycles. The first-order valence-electron chi connectivity index (χ1n) is 10.5. The third-order valence-electron chi connectivity index (χ3n) is 5.37. The number of hydrogen-bond donors (Lipinski definition) is 0. The molecular weight excluding hydrogens is 360 g/mol. The smallest absolute Gasteiger partial charge is 0.226 e. The number of likely N-dealkylation sites (tertiary alicyclic amines) is 1. The standard InChI is InChI=1S/C25H32N2O2/c1-4-27(18-20(2)3)25(28)22-13-15-26(16-14-22)19-21-9-8-12-24(17-21)29-23-10-6-5-7-11-23/h5-12,17,22H,2,4,13-16,18-19H2,1,3H3. The van der Waals surface area contributed by atoms with Crippen molar-refractivity contribution < 1.29 is 9.53 Å². The van der Waals surface area contributed by atoms with Crippen molar-refractivity contribution in [1.82, 2.24) is 9.80 Å². The average molecular weight is 393 g/mol. The zero-order valence-electron chi connectivity index (χ0n) is 17.6. The molecule has 3 rings (SSSR count). The van der Waals surface area contributed by atoms with Crippen molar-refractivity contribution in [3.63, 3.8) is 0 Å². The topological polar surface area (TPSA) is 32.8 Å². The average Bonchev–Trinajstić information content (AvgIpc) is 2.73. The number of rotatable bonds is 8. The molecule has 0 atom stereocenters. The van der Waals surface area contributed by atoms with E-state index in [2.05, 4.69) is 23.6 Å². The van der Waals surface area contributed by atoms with Gasteiger partial charge in [-0.1, -0.05) is 42.5 Å². The molecule has 0 spiro atoms. The first-order valence-corrected chi connectivity index (χ1v) is 10.5. The number of para-hydroxylation sites is 1. The number of amides is 1. The number of nitrogens with zero attached hydrogens (tertiary/aromatic N) is 2. The minimum absolute atomic E-state index is 0.137. The van der Waals surface area contributed by atoms with E-state index in [0.717, 1.165) is 56.1 Å².